The van der Waals surface area contributed by atoms with Crippen molar-refractivity contribution in [2.24, 2.45) is 0 Å². The van der Waals surface area contributed by atoms with Crippen molar-refractivity contribution < 1.29 is 24.3 Å². The van der Waals surface area contributed by atoms with E-state index in [4.69, 9.17) is 5.11 Å². The molecule has 0 spiro atoms. The Balaban J connectivity index is 1.50. The van der Waals surface area contributed by atoms with Crippen LogP contribution >= 0.6 is 11.8 Å². The summed E-state index contributed by atoms with van der Waals surface area (Å²) in [7, 11) is 0. The topological polar surface area (TPSA) is 98.2 Å². The molecule has 30 heavy (non-hydrogen) atoms. The first-order valence-electron chi connectivity index (χ1n) is 9.64. The first-order valence-corrected chi connectivity index (χ1v) is 10.9. The van der Waals surface area contributed by atoms with Gasteiger partial charge in [0.15, 0.2) is 0 Å². The largest absolute Gasteiger partial charge is 0.465 e. The molecule has 0 aliphatic carbocycles. The van der Waals surface area contributed by atoms with Crippen molar-refractivity contribution in [1.82, 2.24) is 14.7 Å². The van der Waals surface area contributed by atoms with E-state index >= 15 is 0 Å². The van der Waals surface area contributed by atoms with Crippen molar-refractivity contribution in [3.8, 4) is 0 Å². The molecule has 2 heterocycles. The number of imide groups is 1. The molecule has 0 radical (unpaired) electrons. The third-order valence-corrected chi connectivity index (χ3v) is 6.42. The highest BCUT2D eigenvalue weighted by atomic mass is 32.2. The molecule has 4 rings (SSSR count). The molecule has 0 aromatic heterocycles. The lowest BCUT2D eigenvalue weighted by molar-refractivity contribution is -0.132. The van der Waals surface area contributed by atoms with Gasteiger partial charge in [-0.2, -0.15) is 0 Å². The molecule has 1 N–H and O–H groups in total. The van der Waals surface area contributed by atoms with E-state index in [1.54, 1.807) is 34.9 Å². The predicted octanol–water partition coefficient (Wildman–Crippen LogP) is 2.37. The molecule has 0 unspecified atom stereocenters. The van der Waals surface area contributed by atoms with Crippen molar-refractivity contribution in [2.45, 2.75) is 11.3 Å². The summed E-state index contributed by atoms with van der Waals surface area (Å²) in [5, 5.41) is 10.6. The molecular formula is C21H21N3O5S. The van der Waals surface area contributed by atoms with Crippen LogP contribution < -0.4 is 0 Å². The van der Waals surface area contributed by atoms with Crippen LogP contribution in [0, 0.1) is 0 Å². The lowest BCUT2D eigenvalue weighted by atomic mass is 9.94. The van der Waals surface area contributed by atoms with Crippen LogP contribution in [0.15, 0.2) is 35.2 Å². The summed E-state index contributed by atoms with van der Waals surface area (Å²) in [4.78, 5) is 54.6. The van der Waals surface area contributed by atoms with Crippen molar-refractivity contribution in [2.75, 3.05) is 39.0 Å². The van der Waals surface area contributed by atoms with Gasteiger partial charge in [-0.05, 0) is 29.8 Å². The van der Waals surface area contributed by atoms with E-state index < -0.39 is 6.09 Å². The number of hydrogen-bond acceptors (Lipinski definition) is 5. The quantitative estimate of drug-likeness (QED) is 0.594. The summed E-state index contributed by atoms with van der Waals surface area (Å²) in [6.45, 7) is 1.14. The van der Waals surface area contributed by atoms with Gasteiger partial charge in [0.25, 0.3) is 11.8 Å². The Morgan fingerprint density at radius 2 is 1.60 bits per heavy atom. The van der Waals surface area contributed by atoms with Crippen LogP contribution in [0.3, 0.4) is 0 Å². The molecule has 2 aliphatic rings. The van der Waals surface area contributed by atoms with Gasteiger partial charge in [-0.1, -0.05) is 12.1 Å². The van der Waals surface area contributed by atoms with Crippen molar-refractivity contribution in [1.29, 1.82) is 0 Å². The Kier molecular flexibility index (Phi) is 5.38. The summed E-state index contributed by atoms with van der Waals surface area (Å²) in [5.41, 5.74) is 0.945. The minimum Gasteiger partial charge on any atom is -0.465 e. The van der Waals surface area contributed by atoms with E-state index in [0.29, 0.717) is 29.6 Å². The highest BCUT2D eigenvalue weighted by Crippen LogP contribution is 2.35. The van der Waals surface area contributed by atoms with Gasteiger partial charge in [-0.25, -0.2) is 4.79 Å². The van der Waals surface area contributed by atoms with Gasteiger partial charge in [0.1, 0.15) is 0 Å². The number of thioether (sulfide) groups is 1. The van der Waals surface area contributed by atoms with E-state index in [1.807, 2.05) is 18.4 Å². The molecule has 2 aromatic rings. The summed E-state index contributed by atoms with van der Waals surface area (Å²) in [6.07, 6.45) is 0.966. The molecule has 4 amide bonds. The molecule has 1 fully saturated rings. The molecule has 0 atom stereocenters. The Bertz CT molecular complexity index is 1040. The zero-order valence-corrected chi connectivity index (χ0v) is 17.3. The van der Waals surface area contributed by atoms with Gasteiger partial charge in [-0.15, -0.1) is 11.8 Å². The molecular weight excluding hydrogens is 406 g/mol. The van der Waals surface area contributed by atoms with E-state index in [9.17, 15) is 19.2 Å². The highest BCUT2D eigenvalue weighted by molar-refractivity contribution is 7.98. The van der Waals surface area contributed by atoms with Crippen LogP contribution in [0.1, 0.15) is 27.1 Å². The average Bonchev–Trinajstić information content (AvgIpc) is 2.76. The first kappa shape index (κ1) is 20.2. The number of amides is 4. The Morgan fingerprint density at radius 1 is 0.967 bits per heavy atom. The molecule has 1 saturated heterocycles. The van der Waals surface area contributed by atoms with Crippen molar-refractivity contribution >= 4 is 46.3 Å². The van der Waals surface area contributed by atoms with Crippen LogP contribution in [0.25, 0.3) is 10.8 Å². The number of carboxylic acid groups (broad SMARTS) is 1. The molecule has 9 heteroatoms. The van der Waals surface area contributed by atoms with Gasteiger partial charge in [0.2, 0.25) is 5.91 Å². The summed E-state index contributed by atoms with van der Waals surface area (Å²) < 4.78 is 0. The second kappa shape index (κ2) is 7.98. The lowest BCUT2D eigenvalue weighted by Gasteiger charge is -2.34. The number of nitrogens with zero attached hydrogens (tertiary/aromatic N) is 3. The normalized spacial score (nSPS) is 16.4. The Morgan fingerprint density at radius 3 is 2.23 bits per heavy atom. The number of benzene rings is 2. The first-order chi connectivity index (χ1) is 14.4. The third kappa shape index (κ3) is 3.39. The number of piperazine rings is 1. The molecule has 0 bridgehead atoms. The third-order valence-electron chi connectivity index (χ3n) is 5.62. The number of rotatable bonds is 4. The zero-order chi connectivity index (χ0) is 21.4. The van der Waals surface area contributed by atoms with Crippen LogP contribution in [-0.2, 0) is 4.79 Å². The Labute approximate surface area is 177 Å². The van der Waals surface area contributed by atoms with Crippen LogP contribution in [0.2, 0.25) is 0 Å². The maximum atomic E-state index is 13.0. The lowest BCUT2D eigenvalue weighted by Crippen LogP contribution is -2.51. The fourth-order valence-corrected chi connectivity index (χ4v) is 4.61. The number of hydrogen-bond donors (Lipinski definition) is 1. The maximum absolute atomic E-state index is 13.0. The van der Waals surface area contributed by atoms with Gasteiger partial charge in [0.05, 0.1) is 0 Å². The minimum absolute atomic E-state index is 0.00421. The highest BCUT2D eigenvalue weighted by Gasteiger charge is 2.34. The molecule has 0 saturated carbocycles. The average molecular weight is 427 g/mol. The molecule has 8 nitrogen and oxygen atoms in total. The maximum Gasteiger partial charge on any atom is 0.407 e. The van der Waals surface area contributed by atoms with Crippen LogP contribution in [0.5, 0.6) is 0 Å². The van der Waals surface area contributed by atoms with Gasteiger partial charge in [0, 0.05) is 60.6 Å². The molecule has 2 aromatic carbocycles. The van der Waals surface area contributed by atoms with E-state index in [1.165, 1.54) is 4.90 Å². The minimum atomic E-state index is -0.996. The monoisotopic (exact) mass is 427 g/mol. The van der Waals surface area contributed by atoms with Gasteiger partial charge < -0.3 is 14.9 Å². The van der Waals surface area contributed by atoms with Crippen LogP contribution in [0.4, 0.5) is 4.79 Å². The SMILES string of the molecule is CSc1ccc2c3c(cccc13)C(=O)N(CCC(=O)N1CCN(C(=O)O)CC1)C2=O. The van der Waals surface area contributed by atoms with E-state index in [-0.39, 0.29) is 43.8 Å². The Hall–Kier alpha value is -3.07. The summed E-state index contributed by atoms with van der Waals surface area (Å²) in [5.74, 6) is -0.970. The standard InChI is InChI=1S/C21H21N3O5S/c1-30-16-6-5-15-18-13(16)3-2-4-14(18)19(26)24(20(15)27)8-7-17(25)22-9-11-23(12-10-22)21(28)29/h2-6H,7-12H2,1H3,(H,28,29). The number of carbonyl (C=O) groups excluding carboxylic acids is 3. The van der Waals surface area contributed by atoms with E-state index in [2.05, 4.69) is 0 Å². The smallest absolute Gasteiger partial charge is 0.407 e. The molecule has 156 valence electrons. The van der Waals surface area contributed by atoms with Crippen molar-refractivity contribution in [3.05, 3.63) is 41.5 Å². The number of carbonyl (C=O) groups is 4. The van der Waals surface area contributed by atoms with Gasteiger partial charge in [-0.3, -0.25) is 19.3 Å². The van der Waals surface area contributed by atoms with Gasteiger partial charge >= 0.3 is 6.09 Å². The second-order valence-electron chi connectivity index (χ2n) is 7.21. The van der Waals surface area contributed by atoms with E-state index in [0.717, 1.165) is 15.2 Å². The van der Waals surface area contributed by atoms with Crippen molar-refractivity contribution in [3.63, 3.8) is 0 Å². The summed E-state index contributed by atoms with van der Waals surface area (Å²) >= 11 is 1.56. The fourth-order valence-electron chi connectivity index (χ4n) is 4.01. The second-order valence-corrected chi connectivity index (χ2v) is 8.05. The summed E-state index contributed by atoms with van der Waals surface area (Å²) in [6, 6.07) is 9.05. The predicted molar refractivity (Wildman–Crippen MR) is 112 cm³/mol. The molecule has 2 aliphatic heterocycles. The van der Waals surface area contributed by atoms with Crippen LogP contribution in [-0.4, -0.2) is 82.6 Å². The fraction of sp³-hybridized carbons (Fsp3) is 0.333. The zero-order valence-electron chi connectivity index (χ0n) is 16.5.